The first-order valence-electron chi connectivity index (χ1n) is 5.46. The quantitative estimate of drug-likeness (QED) is 0.781. The third-order valence-corrected chi connectivity index (χ3v) is 2.41. The second-order valence-electron chi connectivity index (χ2n) is 4.09. The molecule has 0 amide bonds. The maximum absolute atomic E-state index is 5.66. The molecule has 0 bridgehead atoms. The number of fused-ring (bicyclic) bond motifs is 1. The van der Waals surface area contributed by atoms with Crippen LogP contribution in [0, 0.1) is 0 Å². The molecule has 0 fully saturated rings. The Bertz CT molecular complexity index is 450. The van der Waals surface area contributed by atoms with Crippen LogP contribution in [0.1, 0.15) is 6.42 Å². The summed E-state index contributed by atoms with van der Waals surface area (Å²) < 4.78 is 5.66. The Hall–Kier alpha value is -1.55. The average Bonchev–Trinajstić information content (AvgIpc) is 2.71. The van der Waals surface area contributed by atoms with Crippen molar-refractivity contribution in [2.24, 2.45) is 0 Å². The van der Waals surface area contributed by atoms with Crippen LogP contribution in [0.3, 0.4) is 0 Å². The largest absolute Gasteiger partial charge is 0.493 e. The molecule has 2 rings (SSSR count). The van der Waals surface area contributed by atoms with Gasteiger partial charge in [-0.1, -0.05) is 0 Å². The van der Waals surface area contributed by atoms with Gasteiger partial charge in [0.1, 0.15) is 5.75 Å². The second-order valence-corrected chi connectivity index (χ2v) is 4.09. The van der Waals surface area contributed by atoms with E-state index in [1.165, 1.54) is 0 Å². The van der Waals surface area contributed by atoms with Crippen molar-refractivity contribution in [2.45, 2.75) is 6.42 Å². The molecule has 86 valence electrons. The van der Waals surface area contributed by atoms with Crippen molar-refractivity contribution >= 4 is 11.0 Å². The molecule has 0 aliphatic heterocycles. The van der Waals surface area contributed by atoms with Crippen molar-refractivity contribution in [1.29, 1.82) is 0 Å². The maximum Gasteiger partial charge on any atom is 0.121 e. The van der Waals surface area contributed by atoms with E-state index < -0.39 is 0 Å². The van der Waals surface area contributed by atoms with Gasteiger partial charge in [0.05, 0.1) is 24.0 Å². The van der Waals surface area contributed by atoms with Gasteiger partial charge >= 0.3 is 0 Å². The summed E-state index contributed by atoms with van der Waals surface area (Å²) in [6.07, 6.45) is 2.73. The lowest BCUT2D eigenvalue weighted by Gasteiger charge is -2.10. The van der Waals surface area contributed by atoms with Gasteiger partial charge in [-0.15, -0.1) is 0 Å². The molecule has 0 radical (unpaired) electrons. The summed E-state index contributed by atoms with van der Waals surface area (Å²) in [5, 5.41) is 0. The summed E-state index contributed by atoms with van der Waals surface area (Å²) in [5.74, 6) is 0.899. The first-order chi connectivity index (χ1) is 7.75. The van der Waals surface area contributed by atoms with Crippen molar-refractivity contribution in [2.75, 3.05) is 27.2 Å². The summed E-state index contributed by atoms with van der Waals surface area (Å²) in [6, 6.07) is 5.91. The third-order valence-electron chi connectivity index (χ3n) is 2.41. The van der Waals surface area contributed by atoms with Gasteiger partial charge in [-0.25, -0.2) is 4.98 Å². The molecule has 16 heavy (non-hydrogen) atoms. The third kappa shape index (κ3) is 2.73. The molecule has 1 N–H and O–H groups in total. The highest BCUT2D eigenvalue weighted by Crippen LogP contribution is 2.17. The molecule has 0 saturated heterocycles. The van der Waals surface area contributed by atoms with Crippen molar-refractivity contribution in [3.8, 4) is 5.75 Å². The Morgan fingerprint density at radius 1 is 1.38 bits per heavy atom. The minimum absolute atomic E-state index is 0.748. The highest BCUT2D eigenvalue weighted by molar-refractivity contribution is 5.75. The number of nitrogens with one attached hydrogen (secondary N) is 1. The van der Waals surface area contributed by atoms with Crippen LogP contribution in [0.15, 0.2) is 24.5 Å². The lowest BCUT2D eigenvalue weighted by molar-refractivity contribution is 0.282. The van der Waals surface area contributed by atoms with Crippen LogP contribution >= 0.6 is 0 Å². The van der Waals surface area contributed by atoms with Crippen molar-refractivity contribution in [3.63, 3.8) is 0 Å². The molecule has 4 nitrogen and oxygen atoms in total. The average molecular weight is 219 g/mol. The molecule has 4 heteroatoms. The first kappa shape index (κ1) is 11.0. The molecule has 1 aromatic carbocycles. The molecule has 0 aliphatic rings. The number of hydrogen-bond donors (Lipinski definition) is 1. The Kier molecular flexibility index (Phi) is 3.41. The summed E-state index contributed by atoms with van der Waals surface area (Å²) in [5.41, 5.74) is 1.99. The molecule has 1 aromatic heterocycles. The van der Waals surface area contributed by atoms with Crippen molar-refractivity contribution in [1.82, 2.24) is 14.9 Å². The van der Waals surface area contributed by atoms with E-state index in [1.807, 2.05) is 18.2 Å². The Morgan fingerprint density at radius 3 is 3.06 bits per heavy atom. The van der Waals surface area contributed by atoms with Crippen LogP contribution in [-0.4, -0.2) is 42.1 Å². The van der Waals surface area contributed by atoms with E-state index in [4.69, 9.17) is 4.74 Å². The molecular formula is C12H17N3O. The first-order valence-corrected chi connectivity index (χ1v) is 5.46. The number of aromatic nitrogens is 2. The van der Waals surface area contributed by atoms with Crippen LogP contribution in [-0.2, 0) is 0 Å². The molecule has 2 aromatic rings. The standard InChI is InChI=1S/C12H17N3O/c1-15(2)6-3-7-16-10-4-5-11-12(8-10)14-9-13-11/h4-5,8-9H,3,6-7H2,1-2H3,(H,13,14). The van der Waals surface area contributed by atoms with E-state index in [2.05, 4.69) is 29.0 Å². The zero-order chi connectivity index (χ0) is 11.4. The lowest BCUT2D eigenvalue weighted by atomic mass is 10.3. The molecule has 0 spiro atoms. The molecule has 0 unspecified atom stereocenters. The summed E-state index contributed by atoms with van der Waals surface area (Å²) in [4.78, 5) is 9.39. The van der Waals surface area contributed by atoms with Gasteiger partial charge in [0.15, 0.2) is 0 Å². The van der Waals surface area contributed by atoms with E-state index >= 15 is 0 Å². The van der Waals surface area contributed by atoms with Gasteiger partial charge in [0.2, 0.25) is 0 Å². The van der Waals surface area contributed by atoms with E-state index in [9.17, 15) is 0 Å². The minimum Gasteiger partial charge on any atom is -0.493 e. The van der Waals surface area contributed by atoms with E-state index in [1.54, 1.807) is 6.33 Å². The van der Waals surface area contributed by atoms with Gasteiger partial charge in [-0.2, -0.15) is 0 Å². The number of imidazole rings is 1. The topological polar surface area (TPSA) is 41.1 Å². The van der Waals surface area contributed by atoms with Crippen LogP contribution in [0.25, 0.3) is 11.0 Å². The molecular weight excluding hydrogens is 202 g/mol. The van der Waals surface area contributed by atoms with Crippen LogP contribution in [0.5, 0.6) is 5.75 Å². The van der Waals surface area contributed by atoms with Crippen LogP contribution in [0.2, 0.25) is 0 Å². The number of H-pyrrole nitrogens is 1. The van der Waals surface area contributed by atoms with Gasteiger partial charge < -0.3 is 14.6 Å². The normalized spacial score (nSPS) is 11.2. The van der Waals surface area contributed by atoms with Crippen LogP contribution in [0.4, 0.5) is 0 Å². The predicted molar refractivity (Wildman–Crippen MR) is 64.8 cm³/mol. The molecule has 0 saturated carbocycles. The zero-order valence-electron chi connectivity index (χ0n) is 9.73. The van der Waals surface area contributed by atoms with Crippen LogP contribution < -0.4 is 4.74 Å². The smallest absolute Gasteiger partial charge is 0.121 e. The summed E-state index contributed by atoms with van der Waals surface area (Å²) in [7, 11) is 4.13. The van der Waals surface area contributed by atoms with Crippen molar-refractivity contribution in [3.05, 3.63) is 24.5 Å². The minimum atomic E-state index is 0.748. The lowest BCUT2D eigenvalue weighted by Crippen LogP contribution is -2.15. The number of hydrogen-bond acceptors (Lipinski definition) is 3. The number of nitrogens with zero attached hydrogens (tertiary/aromatic N) is 2. The van der Waals surface area contributed by atoms with E-state index in [-0.39, 0.29) is 0 Å². The summed E-state index contributed by atoms with van der Waals surface area (Å²) in [6.45, 7) is 1.80. The highest BCUT2D eigenvalue weighted by Gasteiger charge is 1.99. The number of ether oxygens (including phenoxy) is 1. The molecule has 1 heterocycles. The fraction of sp³-hybridized carbons (Fsp3) is 0.417. The van der Waals surface area contributed by atoms with E-state index in [0.717, 1.165) is 36.4 Å². The maximum atomic E-state index is 5.66. The number of benzene rings is 1. The van der Waals surface area contributed by atoms with Gasteiger partial charge in [0.25, 0.3) is 0 Å². The SMILES string of the molecule is CN(C)CCCOc1ccc2nc[nH]c2c1. The number of rotatable bonds is 5. The Balaban J connectivity index is 1.89. The monoisotopic (exact) mass is 219 g/mol. The van der Waals surface area contributed by atoms with Gasteiger partial charge in [-0.3, -0.25) is 0 Å². The van der Waals surface area contributed by atoms with Gasteiger partial charge in [0, 0.05) is 12.6 Å². The highest BCUT2D eigenvalue weighted by atomic mass is 16.5. The fourth-order valence-corrected chi connectivity index (χ4v) is 1.58. The zero-order valence-corrected chi connectivity index (χ0v) is 9.73. The fourth-order valence-electron chi connectivity index (χ4n) is 1.58. The second kappa shape index (κ2) is 4.99. The van der Waals surface area contributed by atoms with Crippen molar-refractivity contribution < 1.29 is 4.74 Å². The number of aromatic amines is 1. The molecule has 0 aliphatic carbocycles. The summed E-state index contributed by atoms with van der Waals surface area (Å²) >= 11 is 0. The predicted octanol–water partition coefficient (Wildman–Crippen LogP) is 1.89. The Morgan fingerprint density at radius 2 is 2.25 bits per heavy atom. The molecule has 0 atom stereocenters. The van der Waals surface area contributed by atoms with Gasteiger partial charge in [-0.05, 0) is 32.6 Å². The Labute approximate surface area is 95.2 Å². The van der Waals surface area contributed by atoms with E-state index in [0.29, 0.717) is 0 Å².